The van der Waals surface area contributed by atoms with Gasteiger partial charge < -0.3 is 4.74 Å². The minimum atomic E-state index is 0.512. The summed E-state index contributed by atoms with van der Waals surface area (Å²) in [7, 11) is 1.91. The maximum atomic E-state index is 5.80. The first kappa shape index (κ1) is 16.0. The fourth-order valence-electron chi connectivity index (χ4n) is 3.70. The standard InChI is InChI=1S/C17H34O/c1-7-13(4)9-15-11-17(18-6)16(8-12(2)3)10-14(15)5/h12-17H,7-11H2,1-6H3. The van der Waals surface area contributed by atoms with Crippen molar-refractivity contribution in [1.82, 2.24) is 0 Å². The van der Waals surface area contributed by atoms with E-state index in [2.05, 4.69) is 34.6 Å². The molecule has 1 aliphatic carbocycles. The molecule has 1 rings (SSSR count). The van der Waals surface area contributed by atoms with Gasteiger partial charge in [-0.1, -0.05) is 41.0 Å². The molecule has 18 heavy (non-hydrogen) atoms. The van der Waals surface area contributed by atoms with Gasteiger partial charge in [-0.15, -0.1) is 0 Å². The monoisotopic (exact) mass is 254 g/mol. The Hall–Kier alpha value is -0.0400. The van der Waals surface area contributed by atoms with Crippen LogP contribution in [0, 0.1) is 29.6 Å². The van der Waals surface area contributed by atoms with Crippen molar-refractivity contribution < 1.29 is 4.74 Å². The van der Waals surface area contributed by atoms with Crippen molar-refractivity contribution in [2.24, 2.45) is 29.6 Å². The van der Waals surface area contributed by atoms with Gasteiger partial charge >= 0.3 is 0 Å². The predicted molar refractivity (Wildman–Crippen MR) is 79.7 cm³/mol. The summed E-state index contributed by atoms with van der Waals surface area (Å²) in [6.45, 7) is 11.8. The molecule has 1 fully saturated rings. The lowest BCUT2D eigenvalue weighted by atomic mass is 9.68. The molecule has 108 valence electrons. The largest absolute Gasteiger partial charge is 0.381 e. The van der Waals surface area contributed by atoms with Gasteiger partial charge in [0.2, 0.25) is 0 Å². The van der Waals surface area contributed by atoms with Crippen molar-refractivity contribution >= 4 is 0 Å². The molecule has 1 aliphatic rings. The molecule has 0 aliphatic heterocycles. The fourth-order valence-corrected chi connectivity index (χ4v) is 3.70. The van der Waals surface area contributed by atoms with Crippen LogP contribution in [0.1, 0.15) is 66.7 Å². The molecule has 5 atom stereocenters. The van der Waals surface area contributed by atoms with Gasteiger partial charge in [-0.3, -0.25) is 0 Å². The van der Waals surface area contributed by atoms with Gasteiger partial charge in [0, 0.05) is 7.11 Å². The number of methoxy groups -OCH3 is 1. The third-order valence-corrected chi connectivity index (χ3v) is 5.02. The van der Waals surface area contributed by atoms with E-state index in [0.717, 1.165) is 29.6 Å². The summed E-state index contributed by atoms with van der Waals surface area (Å²) in [5, 5.41) is 0. The topological polar surface area (TPSA) is 9.23 Å². The molecule has 1 heteroatoms. The maximum Gasteiger partial charge on any atom is 0.0602 e. The second-order valence-electron chi connectivity index (χ2n) is 7.12. The van der Waals surface area contributed by atoms with Crippen LogP contribution in [0.15, 0.2) is 0 Å². The van der Waals surface area contributed by atoms with Crippen LogP contribution in [0.5, 0.6) is 0 Å². The van der Waals surface area contributed by atoms with Gasteiger partial charge in [0.25, 0.3) is 0 Å². The van der Waals surface area contributed by atoms with E-state index in [4.69, 9.17) is 4.74 Å². The SMILES string of the molecule is CCC(C)CC1CC(OC)C(CC(C)C)CC1C. The molecule has 0 N–H and O–H groups in total. The lowest BCUT2D eigenvalue weighted by molar-refractivity contribution is -0.0259. The third kappa shape index (κ3) is 4.57. The predicted octanol–water partition coefficient (Wildman–Crippen LogP) is 5.15. The van der Waals surface area contributed by atoms with Crippen LogP contribution >= 0.6 is 0 Å². The molecule has 0 radical (unpaired) electrons. The first-order valence-corrected chi connectivity index (χ1v) is 8.00. The van der Waals surface area contributed by atoms with E-state index < -0.39 is 0 Å². The van der Waals surface area contributed by atoms with Crippen LogP contribution in [0.2, 0.25) is 0 Å². The number of ether oxygens (including phenoxy) is 1. The van der Waals surface area contributed by atoms with Crippen molar-refractivity contribution in [2.75, 3.05) is 7.11 Å². The first-order chi connectivity index (χ1) is 8.47. The average Bonchev–Trinajstić information content (AvgIpc) is 2.31. The summed E-state index contributed by atoms with van der Waals surface area (Å²) >= 11 is 0. The zero-order valence-corrected chi connectivity index (χ0v) is 13.4. The highest BCUT2D eigenvalue weighted by atomic mass is 16.5. The highest BCUT2D eigenvalue weighted by molar-refractivity contribution is 4.85. The Bertz CT molecular complexity index is 224. The zero-order valence-electron chi connectivity index (χ0n) is 13.4. The van der Waals surface area contributed by atoms with E-state index in [1.807, 2.05) is 7.11 Å². The summed E-state index contributed by atoms with van der Waals surface area (Å²) in [5.74, 6) is 4.23. The molecule has 1 nitrogen and oxygen atoms in total. The second kappa shape index (κ2) is 7.53. The van der Waals surface area contributed by atoms with Gasteiger partial charge in [-0.2, -0.15) is 0 Å². The molecule has 0 aromatic rings. The summed E-state index contributed by atoms with van der Waals surface area (Å²) in [4.78, 5) is 0. The van der Waals surface area contributed by atoms with E-state index in [-0.39, 0.29) is 0 Å². The lowest BCUT2D eigenvalue weighted by Gasteiger charge is -2.41. The first-order valence-electron chi connectivity index (χ1n) is 8.00. The zero-order chi connectivity index (χ0) is 13.7. The highest BCUT2D eigenvalue weighted by Gasteiger charge is 2.35. The number of rotatable bonds is 6. The third-order valence-electron chi connectivity index (χ3n) is 5.02. The van der Waals surface area contributed by atoms with Crippen molar-refractivity contribution in [3.05, 3.63) is 0 Å². The van der Waals surface area contributed by atoms with Gasteiger partial charge in [-0.25, -0.2) is 0 Å². The van der Waals surface area contributed by atoms with E-state index in [9.17, 15) is 0 Å². The average molecular weight is 254 g/mol. The van der Waals surface area contributed by atoms with Crippen molar-refractivity contribution in [3.8, 4) is 0 Å². The minimum Gasteiger partial charge on any atom is -0.381 e. The van der Waals surface area contributed by atoms with E-state index in [1.165, 1.54) is 32.1 Å². The van der Waals surface area contributed by atoms with Crippen molar-refractivity contribution in [3.63, 3.8) is 0 Å². The summed E-state index contributed by atoms with van der Waals surface area (Å²) in [6.07, 6.45) is 7.22. The maximum absolute atomic E-state index is 5.80. The van der Waals surface area contributed by atoms with Gasteiger partial charge in [0.15, 0.2) is 0 Å². The Kier molecular flexibility index (Phi) is 6.70. The minimum absolute atomic E-state index is 0.512. The molecule has 1 saturated carbocycles. The molecule has 0 amide bonds. The van der Waals surface area contributed by atoms with Gasteiger partial charge in [0.1, 0.15) is 0 Å². The molecular formula is C17H34O. The van der Waals surface area contributed by atoms with E-state index in [0.29, 0.717) is 6.10 Å². The summed E-state index contributed by atoms with van der Waals surface area (Å²) < 4.78 is 5.80. The van der Waals surface area contributed by atoms with E-state index >= 15 is 0 Å². The number of hydrogen-bond donors (Lipinski definition) is 0. The second-order valence-corrected chi connectivity index (χ2v) is 7.12. The molecule has 0 bridgehead atoms. The Labute approximate surface area is 115 Å². The molecule has 5 unspecified atom stereocenters. The molecule has 0 aromatic carbocycles. The Morgan fingerprint density at radius 3 is 2.22 bits per heavy atom. The molecular weight excluding hydrogens is 220 g/mol. The fraction of sp³-hybridized carbons (Fsp3) is 1.00. The lowest BCUT2D eigenvalue weighted by Crippen LogP contribution is -2.37. The Balaban J connectivity index is 2.57. The van der Waals surface area contributed by atoms with Crippen LogP contribution in [-0.2, 0) is 4.74 Å². The van der Waals surface area contributed by atoms with Crippen LogP contribution in [-0.4, -0.2) is 13.2 Å². The molecule has 0 spiro atoms. The quantitative estimate of drug-likeness (QED) is 0.637. The van der Waals surface area contributed by atoms with Gasteiger partial charge in [0.05, 0.1) is 6.10 Å². The summed E-state index contributed by atoms with van der Waals surface area (Å²) in [5.41, 5.74) is 0. The highest BCUT2D eigenvalue weighted by Crippen LogP contribution is 2.41. The summed E-state index contributed by atoms with van der Waals surface area (Å²) in [6, 6.07) is 0. The Morgan fingerprint density at radius 2 is 1.72 bits per heavy atom. The molecule has 0 heterocycles. The van der Waals surface area contributed by atoms with Crippen LogP contribution in [0.25, 0.3) is 0 Å². The number of hydrogen-bond acceptors (Lipinski definition) is 1. The molecule has 0 saturated heterocycles. The van der Waals surface area contributed by atoms with Crippen LogP contribution in [0.4, 0.5) is 0 Å². The van der Waals surface area contributed by atoms with Crippen molar-refractivity contribution in [1.29, 1.82) is 0 Å². The van der Waals surface area contributed by atoms with Crippen molar-refractivity contribution in [2.45, 2.75) is 72.8 Å². The van der Waals surface area contributed by atoms with Gasteiger partial charge in [-0.05, 0) is 55.3 Å². The smallest absolute Gasteiger partial charge is 0.0602 e. The molecule has 0 aromatic heterocycles. The van der Waals surface area contributed by atoms with Crippen LogP contribution < -0.4 is 0 Å². The van der Waals surface area contributed by atoms with Crippen LogP contribution in [0.3, 0.4) is 0 Å². The Morgan fingerprint density at radius 1 is 1.06 bits per heavy atom. The van der Waals surface area contributed by atoms with E-state index in [1.54, 1.807) is 0 Å². The normalized spacial score (nSPS) is 34.8.